The van der Waals surface area contributed by atoms with Crippen molar-refractivity contribution in [2.75, 3.05) is 13.1 Å². The Labute approximate surface area is 119 Å². The molecule has 1 fully saturated rings. The summed E-state index contributed by atoms with van der Waals surface area (Å²) >= 11 is 0. The number of aromatic nitrogens is 1. The number of piperidine rings is 1. The van der Waals surface area contributed by atoms with Crippen molar-refractivity contribution in [1.82, 2.24) is 9.88 Å². The molecule has 5 heteroatoms. The molecule has 0 radical (unpaired) electrons. The number of aliphatic hydroxyl groups excluding tert-OH is 1. The van der Waals surface area contributed by atoms with Crippen molar-refractivity contribution in [3.05, 3.63) is 23.9 Å². The van der Waals surface area contributed by atoms with Gasteiger partial charge in [-0.25, -0.2) is 4.98 Å². The number of amides is 1. The highest BCUT2D eigenvalue weighted by molar-refractivity contribution is 5.94. The molecule has 2 atom stereocenters. The summed E-state index contributed by atoms with van der Waals surface area (Å²) in [6.45, 7) is 6.94. The number of nitrogens with zero attached hydrogens (tertiary/aromatic N) is 2. The Balaban J connectivity index is 2.02. The molecular weight excluding hydrogens is 256 g/mol. The zero-order chi connectivity index (χ0) is 14.7. The minimum Gasteiger partial charge on any atom is -0.475 e. The number of ether oxygens (including phenoxy) is 1. The Morgan fingerprint density at radius 3 is 2.80 bits per heavy atom. The molecule has 1 N–H and O–H groups in total. The molecule has 0 bridgehead atoms. The van der Waals surface area contributed by atoms with E-state index in [4.69, 9.17) is 4.74 Å². The molecule has 2 heterocycles. The number of aliphatic hydroxyl groups is 1. The van der Waals surface area contributed by atoms with Crippen LogP contribution in [0.15, 0.2) is 18.3 Å². The van der Waals surface area contributed by atoms with E-state index in [1.54, 1.807) is 17.0 Å². The van der Waals surface area contributed by atoms with Gasteiger partial charge in [0.15, 0.2) is 0 Å². The first-order valence-corrected chi connectivity index (χ1v) is 7.07. The summed E-state index contributed by atoms with van der Waals surface area (Å²) in [6.07, 6.45) is 1.98. The third-order valence-electron chi connectivity index (χ3n) is 3.55. The second kappa shape index (κ2) is 6.22. The lowest BCUT2D eigenvalue weighted by Crippen LogP contribution is -2.45. The number of carbonyl (C=O) groups is 1. The van der Waals surface area contributed by atoms with Crippen molar-refractivity contribution in [3.63, 3.8) is 0 Å². The van der Waals surface area contributed by atoms with E-state index in [2.05, 4.69) is 4.98 Å². The number of hydrogen-bond donors (Lipinski definition) is 1. The molecule has 2 unspecified atom stereocenters. The molecular formula is C15H22N2O3. The molecule has 1 amide bonds. The number of β-amino-alcohol motifs (C(OH)–C–C–N with tert-alkyl or cyclic N) is 1. The maximum absolute atomic E-state index is 12.3. The molecule has 1 aromatic heterocycles. The Hall–Kier alpha value is -1.62. The van der Waals surface area contributed by atoms with Crippen LogP contribution in [0.5, 0.6) is 5.88 Å². The van der Waals surface area contributed by atoms with Gasteiger partial charge in [0, 0.05) is 25.4 Å². The molecule has 1 aliphatic rings. The quantitative estimate of drug-likeness (QED) is 0.914. The van der Waals surface area contributed by atoms with Gasteiger partial charge in [0.1, 0.15) is 0 Å². The zero-order valence-electron chi connectivity index (χ0n) is 12.2. The summed E-state index contributed by atoms with van der Waals surface area (Å²) < 4.78 is 5.45. The van der Waals surface area contributed by atoms with E-state index in [0.29, 0.717) is 24.5 Å². The summed E-state index contributed by atoms with van der Waals surface area (Å²) in [7, 11) is 0. The van der Waals surface area contributed by atoms with Crippen molar-refractivity contribution >= 4 is 5.91 Å². The predicted molar refractivity (Wildman–Crippen MR) is 75.7 cm³/mol. The second-order valence-electron chi connectivity index (χ2n) is 5.64. The lowest BCUT2D eigenvalue weighted by atomic mass is 9.96. The van der Waals surface area contributed by atoms with Gasteiger partial charge in [-0.1, -0.05) is 6.92 Å². The Bertz CT molecular complexity index is 459. The number of pyridine rings is 1. The molecule has 20 heavy (non-hydrogen) atoms. The van der Waals surface area contributed by atoms with Gasteiger partial charge < -0.3 is 14.7 Å². The lowest BCUT2D eigenvalue weighted by Gasteiger charge is -2.34. The minimum absolute atomic E-state index is 0.0581. The van der Waals surface area contributed by atoms with Gasteiger partial charge in [-0.3, -0.25) is 4.79 Å². The van der Waals surface area contributed by atoms with Crippen LogP contribution in [0.1, 0.15) is 37.6 Å². The first-order chi connectivity index (χ1) is 9.47. The van der Waals surface area contributed by atoms with E-state index in [-0.39, 0.29) is 17.9 Å². The van der Waals surface area contributed by atoms with Gasteiger partial charge in [0.25, 0.3) is 5.91 Å². The molecule has 0 saturated carbocycles. The monoisotopic (exact) mass is 278 g/mol. The van der Waals surface area contributed by atoms with Crippen LogP contribution in [0.2, 0.25) is 0 Å². The van der Waals surface area contributed by atoms with Crippen molar-refractivity contribution in [2.45, 2.75) is 39.4 Å². The van der Waals surface area contributed by atoms with Crippen LogP contribution in [0.3, 0.4) is 0 Å². The maximum Gasteiger partial charge on any atom is 0.255 e. The van der Waals surface area contributed by atoms with E-state index in [1.807, 2.05) is 20.8 Å². The Morgan fingerprint density at radius 2 is 2.25 bits per heavy atom. The number of likely N-dealkylation sites (tertiary alicyclic amines) is 1. The molecule has 1 saturated heterocycles. The molecule has 5 nitrogen and oxygen atoms in total. The largest absolute Gasteiger partial charge is 0.475 e. The molecule has 0 aliphatic carbocycles. The highest BCUT2D eigenvalue weighted by Gasteiger charge is 2.27. The van der Waals surface area contributed by atoms with Crippen LogP contribution >= 0.6 is 0 Å². The first kappa shape index (κ1) is 14.8. The number of hydrogen-bond acceptors (Lipinski definition) is 4. The van der Waals surface area contributed by atoms with Crippen LogP contribution in [0.4, 0.5) is 0 Å². The fourth-order valence-corrected chi connectivity index (χ4v) is 2.23. The third kappa shape index (κ3) is 3.48. The summed E-state index contributed by atoms with van der Waals surface area (Å²) in [5, 5.41) is 9.86. The Kier molecular flexibility index (Phi) is 4.60. The average Bonchev–Trinajstić information content (AvgIpc) is 2.41. The van der Waals surface area contributed by atoms with Gasteiger partial charge in [-0.15, -0.1) is 0 Å². The van der Waals surface area contributed by atoms with Gasteiger partial charge >= 0.3 is 0 Å². The van der Waals surface area contributed by atoms with Crippen LogP contribution in [0.25, 0.3) is 0 Å². The topological polar surface area (TPSA) is 62.7 Å². The van der Waals surface area contributed by atoms with Gasteiger partial charge in [-0.05, 0) is 32.3 Å². The standard InChI is InChI=1S/C15H22N2O3/c1-10(2)20-14-5-4-12(8-16-14)15(19)17-7-6-11(3)13(18)9-17/h4-5,8,10-11,13,18H,6-7,9H2,1-3H3. The minimum atomic E-state index is -0.441. The predicted octanol–water partition coefficient (Wildman–Crippen LogP) is 1.71. The highest BCUT2D eigenvalue weighted by atomic mass is 16.5. The molecule has 1 aliphatic heterocycles. The van der Waals surface area contributed by atoms with E-state index in [0.717, 1.165) is 6.42 Å². The Morgan fingerprint density at radius 1 is 1.50 bits per heavy atom. The van der Waals surface area contributed by atoms with Crippen LogP contribution in [-0.4, -0.2) is 46.2 Å². The van der Waals surface area contributed by atoms with E-state index in [9.17, 15) is 9.90 Å². The summed E-state index contributed by atoms with van der Waals surface area (Å²) in [5.74, 6) is 0.683. The van der Waals surface area contributed by atoms with Crippen molar-refractivity contribution in [2.24, 2.45) is 5.92 Å². The smallest absolute Gasteiger partial charge is 0.255 e. The molecule has 0 spiro atoms. The van der Waals surface area contributed by atoms with E-state index >= 15 is 0 Å². The summed E-state index contributed by atoms with van der Waals surface area (Å²) in [6, 6.07) is 3.42. The van der Waals surface area contributed by atoms with Crippen LogP contribution in [-0.2, 0) is 0 Å². The van der Waals surface area contributed by atoms with Crippen LogP contribution in [0, 0.1) is 5.92 Å². The van der Waals surface area contributed by atoms with Crippen LogP contribution < -0.4 is 4.74 Å². The molecule has 2 rings (SSSR count). The van der Waals surface area contributed by atoms with E-state index in [1.165, 1.54) is 6.20 Å². The molecule has 1 aromatic rings. The number of carbonyl (C=O) groups excluding carboxylic acids is 1. The SMILES string of the molecule is CC(C)Oc1ccc(C(=O)N2CCC(C)C(O)C2)cn1. The fourth-order valence-electron chi connectivity index (χ4n) is 2.23. The van der Waals surface area contributed by atoms with Crippen molar-refractivity contribution in [1.29, 1.82) is 0 Å². The van der Waals surface area contributed by atoms with Gasteiger partial charge in [0.2, 0.25) is 5.88 Å². The first-order valence-electron chi connectivity index (χ1n) is 7.07. The number of rotatable bonds is 3. The molecule has 110 valence electrons. The lowest BCUT2D eigenvalue weighted by molar-refractivity contribution is 0.0248. The van der Waals surface area contributed by atoms with Crippen molar-refractivity contribution in [3.8, 4) is 5.88 Å². The maximum atomic E-state index is 12.3. The second-order valence-corrected chi connectivity index (χ2v) is 5.64. The third-order valence-corrected chi connectivity index (χ3v) is 3.55. The van der Waals surface area contributed by atoms with Gasteiger partial charge in [-0.2, -0.15) is 0 Å². The zero-order valence-corrected chi connectivity index (χ0v) is 12.2. The van der Waals surface area contributed by atoms with E-state index < -0.39 is 6.10 Å². The summed E-state index contributed by atoms with van der Waals surface area (Å²) in [4.78, 5) is 18.1. The van der Waals surface area contributed by atoms with Gasteiger partial charge in [0.05, 0.1) is 17.8 Å². The molecule has 0 aromatic carbocycles. The fraction of sp³-hybridized carbons (Fsp3) is 0.600. The van der Waals surface area contributed by atoms with Crippen molar-refractivity contribution < 1.29 is 14.6 Å². The average molecular weight is 278 g/mol. The highest BCUT2D eigenvalue weighted by Crippen LogP contribution is 2.19. The summed E-state index contributed by atoms with van der Waals surface area (Å²) in [5.41, 5.74) is 0.530. The normalized spacial score (nSPS) is 22.9.